The number of carbonyl (C=O) groups excluding carboxylic acids is 1. The highest BCUT2D eigenvalue weighted by Gasteiger charge is 2.18. The van der Waals surface area contributed by atoms with Gasteiger partial charge in [0, 0.05) is 0 Å². The first-order valence-electron chi connectivity index (χ1n) is 8.70. The number of aromatic nitrogens is 1. The third-order valence-electron chi connectivity index (χ3n) is 4.02. The van der Waals surface area contributed by atoms with Crippen molar-refractivity contribution < 1.29 is 23.1 Å². The summed E-state index contributed by atoms with van der Waals surface area (Å²) in [5, 5.41) is 19.8. The SMILES string of the molecule is Cc1ccc(S(=O)(=O)NCC(=O)OC/C(O)=C(\C#N)c2nc3ccccc3s2)cc1. The number of carbonyl (C=O) groups is 1. The number of rotatable bonds is 7. The van der Waals surface area contributed by atoms with Crippen LogP contribution in [-0.2, 0) is 19.6 Å². The number of nitrogens with zero attached hydrogens (tertiary/aromatic N) is 2. The maximum absolute atomic E-state index is 12.2. The molecule has 2 N–H and O–H groups in total. The monoisotopic (exact) mass is 443 g/mol. The Kier molecular flexibility index (Phi) is 6.47. The van der Waals surface area contributed by atoms with E-state index in [9.17, 15) is 23.6 Å². The number of esters is 1. The largest absolute Gasteiger partial charge is 0.507 e. The van der Waals surface area contributed by atoms with Gasteiger partial charge in [0.15, 0.2) is 5.76 Å². The molecule has 10 heteroatoms. The highest BCUT2D eigenvalue weighted by atomic mass is 32.2. The number of hydrogen-bond donors (Lipinski definition) is 2. The van der Waals surface area contributed by atoms with E-state index in [1.54, 1.807) is 24.3 Å². The number of sulfonamides is 1. The molecule has 0 unspecified atom stereocenters. The molecule has 3 rings (SSSR count). The summed E-state index contributed by atoms with van der Waals surface area (Å²) >= 11 is 1.22. The van der Waals surface area contributed by atoms with Gasteiger partial charge < -0.3 is 9.84 Å². The second kappa shape index (κ2) is 9.04. The first kappa shape index (κ1) is 21.4. The van der Waals surface area contributed by atoms with Gasteiger partial charge in [0.05, 0.1) is 15.1 Å². The van der Waals surface area contributed by atoms with Crippen LogP contribution >= 0.6 is 11.3 Å². The van der Waals surface area contributed by atoms with Crippen LogP contribution in [0.25, 0.3) is 15.8 Å². The quantitative estimate of drug-likeness (QED) is 0.326. The molecule has 2 aromatic carbocycles. The van der Waals surface area contributed by atoms with Crippen LogP contribution < -0.4 is 4.72 Å². The summed E-state index contributed by atoms with van der Waals surface area (Å²) in [7, 11) is -3.88. The number of thiazole rings is 1. The van der Waals surface area contributed by atoms with Crippen LogP contribution in [0, 0.1) is 18.3 Å². The molecule has 154 valence electrons. The number of nitrogens with one attached hydrogen (secondary N) is 1. The van der Waals surface area contributed by atoms with Gasteiger partial charge in [0.1, 0.15) is 29.8 Å². The first-order valence-corrected chi connectivity index (χ1v) is 11.0. The second-order valence-electron chi connectivity index (χ2n) is 6.22. The predicted molar refractivity (Wildman–Crippen MR) is 112 cm³/mol. The van der Waals surface area contributed by atoms with Crippen molar-refractivity contribution in [3.05, 3.63) is 64.9 Å². The maximum atomic E-state index is 12.2. The summed E-state index contributed by atoms with van der Waals surface area (Å²) in [4.78, 5) is 16.2. The van der Waals surface area contributed by atoms with E-state index in [1.807, 2.05) is 25.1 Å². The van der Waals surface area contributed by atoms with E-state index >= 15 is 0 Å². The lowest BCUT2D eigenvalue weighted by molar-refractivity contribution is -0.141. The normalized spacial score (nSPS) is 12.3. The van der Waals surface area contributed by atoms with Crippen LogP contribution in [0.4, 0.5) is 0 Å². The number of aliphatic hydroxyl groups is 1. The summed E-state index contributed by atoms with van der Waals surface area (Å²) in [5.74, 6) is -1.37. The van der Waals surface area contributed by atoms with Gasteiger partial charge in [0.2, 0.25) is 10.0 Å². The summed E-state index contributed by atoms with van der Waals surface area (Å²) in [6.07, 6.45) is 0. The minimum atomic E-state index is -3.88. The average Bonchev–Trinajstić information content (AvgIpc) is 3.15. The Hall–Kier alpha value is -3.26. The molecule has 0 aliphatic heterocycles. The van der Waals surface area contributed by atoms with Crippen LogP contribution in [0.3, 0.4) is 0 Å². The van der Waals surface area contributed by atoms with Crippen LogP contribution in [0.15, 0.2) is 59.2 Å². The van der Waals surface area contributed by atoms with Crippen LogP contribution in [-0.4, -0.2) is 37.6 Å². The fourth-order valence-corrected chi connectivity index (χ4v) is 4.39. The van der Waals surface area contributed by atoms with Crippen molar-refractivity contribution in [2.75, 3.05) is 13.2 Å². The Labute approximate surface area is 177 Å². The van der Waals surface area contributed by atoms with Crippen molar-refractivity contribution in [2.45, 2.75) is 11.8 Å². The Morgan fingerprint density at radius 1 is 1.23 bits per heavy atom. The van der Waals surface area contributed by atoms with E-state index in [-0.39, 0.29) is 10.5 Å². The number of fused-ring (bicyclic) bond motifs is 1. The number of aliphatic hydroxyl groups excluding tert-OH is 1. The van der Waals surface area contributed by atoms with E-state index in [0.29, 0.717) is 10.5 Å². The Morgan fingerprint density at radius 2 is 1.93 bits per heavy atom. The third-order valence-corrected chi connectivity index (χ3v) is 6.49. The van der Waals surface area contributed by atoms with Gasteiger partial charge in [0.25, 0.3) is 0 Å². The van der Waals surface area contributed by atoms with E-state index in [4.69, 9.17) is 4.74 Å². The number of aryl methyl sites for hydroxylation is 1. The number of nitriles is 1. The molecule has 3 aromatic rings. The van der Waals surface area contributed by atoms with Gasteiger partial charge in [-0.2, -0.15) is 9.98 Å². The smallest absolute Gasteiger partial charge is 0.321 e. The highest BCUT2D eigenvalue weighted by Crippen LogP contribution is 2.28. The molecular formula is C20H17N3O5S2. The van der Waals surface area contributed by atoms with E-state index in [0.717, 1.165) is 10.3 Å². The minimum absolute atomic E-state index is 0.0197. The van der Waals surface area contributed by atoms with Crippen LogP contribution in [0.5, 0.6) is 0 Å². The van der Waals surface area contributed by atoms with Crippen molar-refractivity contribution in [2.24, 2.45) is 0 Å². The van der Waals surface area contributed by atoms with E-state index < -0.39 is 34.9 Å². The van der Waals surface area contributed by atoms with Gasteiger partial charge in [-0.3, -0.25) is 4.79 Å². The molecule has 1 aromatic heterocycles. The van der Waals surface area contributed by atoms with E-state index in [2.05, 4.69) is 9.71 Å². The minimum Gasteiger partial charge on any atom is -0.507 e. The zero-order valence-electron chi connectivity index (χ0n) is 15.8. The second-order valence-corrected chi connectivity index (χ2v) is 9.02. The molecule has 0 atom stereocenters. The molecular weight excluding hydrogens is 426 g/mol. The van der Waals surface area contributed by atoms with Crippen molar-refractivity contribution in [3.8, 4) is 6.07 Å². The van der Waals surface area contributed by atoms with Gasteiger partial charge in [-0.1, -0.05) is 29.8 Å². The molecule has 0 aliphatic carbocycles. The summed E-state index contributed by atoms with van der Waals surface area (Å²) in [6.45, 7) is 0.626. The van der Waals surface area contributed by atoms with Crippen LogP contribution in [0.1, 0.15) is 10.6 Å². The third kappa shape index (κ3) is 5.01. The Morgan fingerprint density at radius 3 is 2.60 bits per heavy atom. The fraction of sp³-hybridized carbons (Fsp3) is 0.150. The number of ether oxygens (including phenoxy) is 1. The summed E-state index contributed by atoms with van der Waals surface area (Å²) in [6, 6.07) is 15.2. The number of allylic oxidation sites excluding steroid dienone is 1. The molecule has 0 aliphatic rings. The lowest BCUT2D eigenvalue weighted by Gasteiger charge is -2.08. The standard InChI is InChI=1S/C20H17N3O5S2/c1-13-6-8-14(9-7-13)30(26,27)22-11-19(25)28-12-17(24)15(10-21)20-23-16-4-2-3-5-18(16)29-20/h2-9,22,24H,11-12H2,1H3/b17-15-. The molecule has 0 fully saturated rings. The molecule has 0 bridgehead atoms. The Bertz CT molecular complexity index is 1220. The molecule has 0 saturated heterocycles. The molecule has 0 saturated carbocycles. The topological polar surface area (TPSA) is 129 Å². The van der Waals surface area contributed by atoms with Crippen molar-refractivity contribution in [1.29, 1.82) is 5.26 Å². The molecule has 1 heterocycles. The van der Waals surface area contributed by atoms with Gasteiger partial charge >= 0.3 is 5.97 Å². The summed E-state index contributed by atoms with van der Waals surface area (Å²) < 4.78 is 32.2. The molecule has 0 amide bonds. The maximum Gasteiger partial charge on any atom is 0.321 e. The zero-order chi connectivity index (χ0) is 21.7. The lowest BCUT2D eigenvalue weighted by Crippen LogP contribution is -2.31. The van der Waals surface area contributed by atoms with Crippen molar-refractivity contribution in [1.82, 2.24) is 9.71 Å². The van der Waals surface area contributed by atoms with Crippen molar-refractivity contribution >= 4 is 43.1 Å². The highest BCUT2D eigenvalue weighted by molar-refractivity contribution is 7.89. The number of hydrogen-bond acceptors (Lipinski definition) is 8. The van der Waals surface area contributed by atoms with E-state index in [1.165, 1.54) is 23.5 Å². The summed E-state index contributed by atoms with van der Waals surface area (Å²) in [5.41, 5.74) is 1.47. The van der Waals surface area contributed by atoms with Gasteiger partial charge in [-0.15, -0.1) is 11.3 Å². The molecule has 0 spiro atoms. The fourth-order valence-electron chi connectivity index (χ4n) is 2.44. The molecule has 30 heavy (non-hydrogen) atoms. The number of benzene rings is 2. The number of para-hydroxylation sites is 1. The lowest BCUT2D eigenvalue weighted by atomic mass is 10.2. The average molecular weight is 444 g/mol. The molecule has 0 radical (unpaired) electrons. The van der Waals surface area contributed by atoms with Gasteiger partial charge in [-0.05, 0) is 31.2 Å². The zero-order valence-corrected chi connectivity index (χ0v) is 17.5. The van der Waals surface area contributed by atoms with Crippen molar-refractivity contribution in [3.63, 3.8) is 0 Å². The van der Waals surface area contributed by atoms with Gasteiger partial charge in [-0.25, -0.2) is 13.4 Å². The molecule has 8 nitrogen and oxygen atoms in total. The Balaban J connectivity index is 1.62. The first-order chi connectivity index (χ1) is 14.3. The van der Waals surface area contributed by atoms with Crippen LogP contribution in [0.2, 0.25) is 0 Å². The predicted octanol–water partition coefficient (Wildman–Crippen LogP) is 2.92.